The second-order valence-electron chi connectivity index (χ2n) is 4.62. The van der Waals surface area contributed by atoms with Crippen LogP contribution in [-0.2, 0) is 0 Å². The molecule has 0 atom stereocenters. The molecule has 0 saturated carbocycles. The Bertz CT molecular complexity index is 827. The Labute approximate surface area is 130 Å². The number of nitrogens with zero attached hydrogens (tertiary/aromatic N) is 1. The van der Waals surface area contributed by atoms with Gasteiger partial charge in [-0.05, 0) is 18.2 Å². The smallest absolute Gasteiger partial charge is 0.316 e. The molecule has 1 N–H and O–H groups in total. The SMILES string of the molecule is CO[n+]1c(C=C2Nc3ccccc3S2)sc2ccccc21. The van der Waals surface area contributed by atoms with Crippen molar-refractivity contribution >= 4 is 45.1 Å². The fourth-order valence-electron chi connectivity index (χ4n) is 2.37. The number of thiazole rings is 1. The van der Waals surface area contributed by atoms with Crippen LogP contribution in [0.4, 0.5) is 5.69 Å². The van der Waals surface area contributed by atoms with Crippen LogP contribution in [0.3, 0.4) is 0 Å². The summed E-state index contributed by atoms with van der Waals surface area (Å²) in [6.07, 6.45) is 2.14. The molecule has 0 fully saturated rings. The second kappa shape index (κ2) is 5.09. The van der Waals surface area contributed by atoms with E-state index in [2.05, 4.69) is 41.7 Å². The minimum atomic E-state index is 1.07. The number of thioether (sulfide) groups is 1. The van der Waals surface area contributed by atoms with Crippen molar-refractivity contribution in [3.63, 3.8) is 0 Å². The maximum atomic E-state index is 5.53. The minimum absolute atomic E-state index is 1.07. The Balaban J connectivity index is 1.77. The lowest BCUT2D eigenvalue weighted by molar-refractivity contribution is -0.863. The molecule has 0 saturated heterocycles. The van der Waals surface area contributed by atoms with Gasteiger partial charge in [-0.3, -0.25) is 4.84 Å². The van der Waals surface area contributed by atoms with Crippen LogP contribution in [0.5, 0.6) is 0 Å². The van der Waals surface area contributed by atoms with Crippen LogP contribution in [0.25, 0.3) is 16.3 Å². The van der Waals surface area contributed by atoms with Crippen molar-refractivity contribution in [2.75, 3.05) is 12.4 Å². The average Bonchev–Trinajstić information content (AvgIpc) is 3.06. The second-order valence-corrected chi connectivity index (χ2v) is 6.76. The summed E-state index contributed by atoms with van der Waals surface area (Å²) in [7, 11) is 1.70. The van der Waals surface area contributed by atoms with Crippen molar-refractivity contribution in [1.82, 2.24) is 0 Å². The number of para-hydroxylation sites is 2. The van der Waals surface area contributed by atoms with E-state index in [4.69, 9.17) is 4.84 Å². The highest BCUT2D eigenvalue weighted by atomic mass is 32.2. The van der Waals surface area contributed by atoms with Crippen molar-refractivity contribution in [2.45, 2.75) is 4.90 Å². The van der Waals surface area contributed by atoms with E-state index in [-0.39, 0.29) is 0 Å². The molecule has 0 unspecified atom stereocenters. The minimum Gasteiger partial charge on any atom is -0.349 e. The Morgan fingerprint density at radius 1 is 1.10 bits per heavy atom. The first kappa shape index (κ1) is 12.7. The van der Waals surface area contributed by atoms with E-state index in [0.717, 1.165) is 15.6 Å². The molecular weight excluding hydrogens is 300 g/mol. The summed E-state index contributed by atoms with van der Waals surface area (Å²) in [5.41, 5.74) is 2.26. The summed E-state index contributed by atoms with van der Waals surface area (Å²) >= 11 is 3.47. The van der Waals surface area contributed by atoms with Gasteiger partial charge in [-0.25, -0.2) is 0 Å². The topological polar surface area (TPSA) is 25.1 Å². The fourth-order valence-corrected chi connectivity index (χ4v) is 4.45. The van der Waals surface area contributed by atoms with Crippen molar-refractivity contribution in [3.05, 3.63) is 58.6 Å². The predicted molar refractivity (Wildman–Crippen MR) is 88.4 cm³/mol. The molecule has 0 amide bonds. The quantitative estimate of drug-likeness (QED) is 0.729. The molecule has 0 bridgehead atoms. The van der Waals surface area contributed by atoms with E-state index < -0.39 is 0 Å². The van der Waals surface area contributed by atoms with Gasteiger partial charge in [0.1, 0.15) is 11.8 Å². The first-order chi connectivity index (χ1) is 10.3. The van der Waals surface area contributed by atoms with Crippen LogP contribution in [0.15, 0.2) is 58.5 Å². The van der Waals surface area contributed by atoms with Gasteiger partial charge >= 0.3 is 5.01 Å². The normalized spacial score (nSPS) is 15.2. The highest BCUT2D eigenvalue weighted by molar-refractivity contribution is 8.03. The summed E-state index contributed by atoms with van der Waals surface area (Å²) in [5.74, 6) is 0. The van der Waals surface area contributed by atoms with E-state index >= 15 is 0 Å². The summed E-state index contributed by atoms with van der Waals surface area (Å²) in [6, 6.07) is 16.6. The molecule has 104 valence electrons. The number of nitrogens with one attached hydrogen (secondary N) is 1. The lowest BCUT2D eigenvalue weighted by Gasteiger charge is -1.96. The lowest BCUT2D eigenvalue weighted by atomic mass is 10.3. The maximum Gasteiger partial charge on any atom is 0.316 e. The number of anilines is 1. The van der Waals surface area contributed by atoms with Crippen molar-refractivity contribution < 1.29 is 9.57 Å². The predicted octanol–water partition coefficient (Wildman–Crippen LogP) is 3.76. The largest absolute Gasteiger partial charge is 0.349 e. The molecule has 5 heteroatoms. The molecule has 0 aliphatic carbocycles. The number of hydrogen-bond acceptors (Lipinski definition) is 4. The third-order valence-electron chi connectivity index (χ3n) is 3.30. The number of rotatable bonds is 2. The third-order valence-corrected chi connectivity index (χ3v) is 5.37. The standard InChI is InChI=1S/C16H12N2OS2/c1-19-18-12-7-3-5-9-14(12)21-16(18)10-15-17-11-6-2-4-8-13(11)20-15/h2-10H,1H3/p+1. The molecule has 1 aliphatic rings. The van der Waals surface area contributed by atoms with Crippen molar-refractivity contribution in [1.29, 1.82) is 0 Å². The Morgan fingerprint density at radius 2 is 1.90 bits per heavy atom. The maximum absolute atomic E-state index is 5.53. The lowest BCUT2D eigenvalue weighted by Crippen LogP contribution is -2.41. The van der Waals surface area contributed by atoms with Gasteiger partial charge in [-0.2, -0.15) is 0 Å². The summed E-state index contributed by atoms with van der Waals surface area (Å²) in [4.78, 5) is 6.79. The van der Waals surface area contributed by atoms with Crippen LogP contribution < -0.4 is 14.9 Å². The molecule has 3 nitrogen and oxygen atoms in total. The molecule has 0 radical (unpaired) electrons. The molecule has 2 aromatic carbocycles. The van der Waals surface area contributed by atoms with E-state index in [1.165, 1.54) is 15.3 Å². The Morgan fingerprint density at radius 3 is 2.76 bits per heavy atom. The van der Waals surface area contributed by atoms with Gasteiger partial charge in [0.25, 0.3) is 5.52 Å². The van der Waals surface area contributed by atoms with Crippen LogP contribution in [0.1, 0.15) is 5.01 Å². The number of benzene rings is 2. The highest BCUT2D eigenvalue weighted by Crippen LogP contribution is 2.41. The van der Waals surface area contributed by atoms with E-state index in [1.54, 1.807) is 30.2 Å². The number of hydrogen-bond donors (Lipinski definition) is 1. The van der Waals surface area contributed by atoms with E-state index in [9.17, 15) is 0 Å². The van der Waals surface area contributed by atoms with Crippen LogP contribution >= 0.6 is 23.1 Å². The van der Waals surface area contributed by atoms with Gasteiger partial charge in [-0.15, -0.1) is 0 Å². The molecule has 21 heavy (non-hydrogen) atoms. The first-order valence-corrected chi connectivity index (χ1v) is 8.22. The Hall–Kier alpha value is -1.98. The molecule has 4 rings (SSSR count). The van der Waals surface area contributed by atoms with E-state index in [1.807, 2.05) is 22.9 Å². The first-order valence-electron chi connectivity index (χ1n) is 6.59. The van der Waals surface area contributed by atoms with Gasteiger partial charge in [0.05, 0.1) is 16.8 Å². The van der Waals surface area contributed by atoms with Crippen LogP contribution in [0, 0.1) is 0 Å². The van der Waals surface area contributed by atoms with Crippen molar-refractivity contribution in [2.24, 2.45) is 0 Å². The molecule has 0 spiro atoms. The zero-order valence-corrected chi connectivity index (χ0v) is 13.0. The van der Waals surface area contributed by atoms with Gasteiger partial charge in [0.2, 0.25) is 0 Å². The van der Waals surface area contributed by atoms with Crippen molar-refractivity contribution in [3.8, 4) is 0 Å². The monoisotopic (exact) mass is 313 g/mol. The fraction of sp³-hybridized carbons (Fsp3) is 0.0625. The average molecular weight is 313 g/mol. The van der Waals surface area contributed by atoms with Crippen LogP contribution in [-0.4, -0.2) is 7.11 Å². The molecule has 3 aromatic rings. The van der Waals surface area contributed by atoms with Gasteiger partial charge < -0.3 is 5.32 Å². The molecule has 2 heterocycles. The molecule has 1 aliphatic heterocycles. The third kappa shape index (κ3) is 2.18. The van der Waals surface area contributed by atoms with Gasteiger partial charge in [-0.1, -0.05) is 47.4 Å². The van der Waals surface area contributed by atoms with Gasteiger partial charge in [0.15, 0.2) is 0 Å². The zero-order valence-electron chi connectivity index (χ0n) is 11.4. The summed E-state index contributed by atoms with van der Waals surface area (Å²) in [5, 5.41) is 5.63. The summed E-state index contributed by atoms with van der Waals surface area (Å²) in [6.45, 7) is 0. The Kier molecular flexibility index (Phi) is 3.09. The molecular formula is C16H13N2OS2+. The zero-order chi connectivity index (χ0) is 14.2. The summed E-state index contributed by atoms with van der Waals surface area (Å²) < 4.78 is 3.09. The van der Waals surface area contributed by atoms with E-state index in [0.29, 0.717) is 0 Å². The van der Waals surface area contributed by atoms with Crippen LogP contribution in [0.2, 0.25) is 0 Å². The molecule has 1 aromatic heterocycles. The van der Waals surface area contributed by atoms with Gasteiger partial charge in [0, 0.05) is 15.7 Å². The number of aromatic nitrogens is 1. The number of fused-ring (bicyclic) bond motifs is 2. The highest BCUT2D eigenvalue weighted by Gasteiger charge is 2.23.